The molecule has 0 amide bonds. The van der Waals surface area contributed by atoms with E-state index in [1.807, 2.05) is 42.8 Å². The Morgan fingerprint density at radius 3 is 2.79 bits per heavy atom. The van der Waals surface area contributed by atoms with E-state index < -0.39 is 6.10 Å². The van der Waals surface area contributed by atoms with E-state index in [1.54, 1.807) is 13.1 Å². The normalized spacial score (nSPS) is 12.4. The monoisotopic (exact) mass is 260 g/mol. The minimum atomic E-state index is -0.523. The molecular weight excluding hydrogens is 240 g/mol. The minimum absolute atomic E-state index is 0.523. The zero-order valence-corrected chi connectivity index (χ0v) is 11.6. The first kappa shape index (κ1) is 13.6. The Bertz CT molecular complexity index is 547. The average molecular weight is 260 g/mol. The zero-order chi connectivity index (χ0) is 13.8. The Kier molecular flexibility index (Phi) is 4.22. The lowest BCUT2D eigenvalue weighted by molar-refractivity contribution is 0.190. The number of aromatic nitrogens is 2. The molecule has 1 aromatic heterocycles. The van der Waals surface area contributed by atoms with Gasteiger partial charge in [-0.1, -0.05) is 12.1 Å². The van der Waals surface area contributed by atoms with Crippen molar-refractivity contribution >= 4 is 0 Å². The Hall–Kier alpha value is -1.81. The third kappa shape index (κ3) is 3.35. The molecule has 0 saturated carbocycles. The van der Waals surface area contributed by atoms with Crippen LogP contribution in [0.1, 0.15) is 30.0 Å². The molecule has 1 N–H and O–H groups in total. The van der Waals surface area contributed by atoms with E-state index in [9.17, 15) is 5.11 Å². The van der Waals surface area contributed by atoms with Crippen LogP contribution in [-0.2, 0) is 6.54 Å². The molecule has 19 heavy (non-hydrogen) atoms. The number of benzene rings is 1. The molecule has 4 nitrogen and oxygen atoms in total. The zero-order valence-electron chi connectivity index (χ0n) is 11.6. The van der Waals surface area contributed by atoms with Crippen molar-refractivity contribution in [3.05, 3.63) is 47.5 Å². The first-order valence-corrected chi connectivity index (χ1v) is 6.47. The van der Waals surface area contributed by atoms with Gasteiger partial charge in [-0.05, 0) is 32.4 Å². The maximum atomic E-state index is 9.73. The fraction of sp³-hybridized carbons (Fsp3) is 0.400. The second-order valence-electron chi connectivity index (χ2n) is 4.73. The van der Waals surface area contributed by atoms with E-state index in [2.05, 4.69) is 4.98 Å². The SMILES string of the molecule is Cc1ccc([C@@H](C)O)c(OCCn2ccnc2C)c1. The highest BCUT2D eigenvalue weighted by atomic mass is 16.5. The predicted octanol–water partition coefficient (Wildman–Crippen LogP) is 2.63. The summed E-state index contributed by atoms with van der Waals surface area (Å²) in [7, 11) is 0. The summed E-state index contributed by atoms with van der Waals surface area (Å²) in [5.41, 5.74) is 1.95. The summed E-state index contributed by atoms with van der Waals surface area (Å²) in [6.45, 7) is 7.03. The van der Waals surface area contributed by atoms with Gasteiger partial charge in [0.15, 0.2) is 0 Å². The summed E-state index contributed by atoms with van der Waals surface area (Å²) < 4.78 is 7.84. The van der Waals surface area contributed by atoms with Crippen LogP contribution in [0.25, 0.3) is 0 Å². The van der Waals surface area contributed by atoms with Gasteiger partial charge in [0.2, 0.25) is 0 Å². The summed E-state index contributed by atoms with van der Waals surface area (Å²) >= 11 is 0. The molecule has 0 aliphatic carbocycles. The van der Waals surface area contributed by atoms with Crippen LogP contribution in [0.3, 0.4) is 0 Å². The third-order valence-corrected chi connectivity index (χ3v) is 3.13. The summed E-state index contributed by atoms with van der Waals surface area (Å²) in [5, 5.41) is 9.73. The summed E-state index contributed by atoms with van der Waals surface area (Å²) in [6, 6.07) is 5.86. The second-order valence-corrected chi connectivity index (χ2v) is 4.73. The second kappa shape index (κ2) is 5.89. The van der Waals surface area contributed by atoms with Crippen molar-refractivity contribution in [1.29, 1.82) is 0 Å². The van der Waals surface area contributed by atoms with Crippen molar-refractivity contribution in [2.45, 2.75) is 33.4 Å². The van der Waals surface area contributed by atoms with E-state index in [0.717, 1.165) is 29.2 Å². The average Bonchev–Trinajstić information content (AvgIpc) is 2.75. The lowest BCUT2D eigenvalue weighted by atomic mass is 10.1. The van der Waals surface area contributed by atoms with Gasteiger partial charge in [0.25, 0.3) is 0 Å². The largest absolute Gasteiger partial charge is 0.491 e. The van der Waals surface area contributed by atoms with Crippen LogP contribution in [0, 0.1) is 13.8 Å². The molecule has 0 fully saturated rings. The highest BCUT2D eigenvalue weighted by molar-refractivity contribution is 5.38. The van der Waals surface area contributed by atoms with Crippen LogP contribution in [0.15, 0.2) is 30.6 Å². The van der Waals surface area contributed by atoms with E-state index in [0.29, 0.717) is 6.61 Å². The molecule has 2 aromatic rings. The van der Waals surface area contributed by atoms with Gasteiger partial charge in [-0.25, -0.2) is 4.98 Å². The highest BCUT2D eigenvalue weighted by Gasteiger charge is 2.09. The summed E-state index contributed by atoms with van der Waals surface area (Å²) in [6.07, 6.45) is 3.19. The summed E-state index contributed by atoms with van der Waals surface area (Å²) in [5.74, 6) is 1.73. The molecule has 0 saturated heterocycles. The highest BCUT2D eigenvalue weighted by Crippen LogP contribution is 2.26. The van der Waals surface area contributed by atoms with Crippen LogP contribution >= 0.6 is 0 Å². The van der Waals surface area contributed by atoms with Gasteiger partial charge in [-0.2, -0.15) is 0 Å². The fourth-order valence-corrected chi connectivity index (χ4v) is 2.01. The number of aryl methyl sites for hydroxylation is 2. The molecule has 0 bridgehead atoms. The molecule has 1 heterocycles. The van der Waals surface area contributed by atoms with E-state index in [4.69, 9.17) is 4.74 Å². The molecule has 0 aliphatic heterocycles. The topological polar surface area (TPSA) is 47.3 Å². The standard InChI is InChI=1S/C15H20N2O2/c1-11-4-5-14(12(2)18)15(10-11)19-9-8-17-7-6-16-13(17)3/h4-7,10,12,18H,8-9H2,1-3H3/t12-/m1/s1. The van der Waals surface area contributed by atoms with Crippen molar-refractivity contribution in [3.8, 4) is 5.75 Å². The number of ether oxygens (including phenoxy) is 1. The molecule has 0 aliphatic rings. The maximum Gasteiger partial charge on any atom is 0.125 e. The number of nitrogens with zero attached hydrogens (tertiary/aromatic N) is 2. The molecule has 0 spiro atoms. The molecular formula is C15H20N2O2. The van der Waals surface area contributed by atoms with Gasteiger partial charge in [-0.15, -0.1) is 0 Å². The molecule has 0 unspecified atom stereocenters. The van der Waals surface area contributed by atoms with Crippen molar-refractivity contribution in [2.24, 2.45) is 0 Å². The smallest absolute Gasteiger partial charge is 0.125 e. The molecule has 102 valence electrons. The van der Waals surface area contributed by atoms with E-state index in [-0.39, 0.29) is 0 Å². The van der Waals surface area contributed by atoms with Crippen LogP contribution in [0.4, 0.5) is 0 Å². The first-order valence-electron chi connectivity index (χ1n) is 6.47. The Morgan fingerprint density at radius 1 is 1.37 bits per heavy atom. The van der Waals surface area contributed by atoms with Gasteiger partial charge in [-0.3, -0.25) is 0 Å². The predicted molar refractivity (Wildman–Crippen MR) is 74.3 cm³/mol. The van der Waals surface area contributed by atoms with Crippen molar-refractivity contribution in [2.75, 3.05) is 6.61 Å². The van der Waals surface area contributed by atoms with Crippen molar-refractivity contribution < 1.29 is 9.84 Å². The van der Waals surface area contributed by atoms with Gasteiger partial charge in [0.05, 0.1) is 12.6 Å². The lowest BCUT2D eigenvalue weighted by Gasteiger charge is -2.14. The van der Waals surface area contributed by atoms with E-state index >= 15 is 0 Å². The van der Waals surface area contributed by atoms with Crippen molar-refractivity contribution in [3.63, 3.8) is 0 Å². The number of hydrogen-bond acceptors (Lipinski definition) is 3. The number of rotatable bonds is 5. The van der Waals surface area contributed by atoms with Crippen LogP contribution in [0.5, 0.6) is 5.75 Å². The Labute approximate surface area is 113 Å². The Morgan fingerprint density at radius 2 is 2.16 bits per heavy atom. The lowest BCUT2D eigenvalue weighted by Crippen LogP contribution is -2.10. The number of imidazole rings is 1. The van der Waals surface area contributed by atoms with Crippen LogP contribution in [0.2, 0.25) is 0 Å². The van der Waals surface area contributed by atoms with Gasteiger partial charge < -0.3 is 14.4 Å². The third-order valence-electron chi connectivity index (χ3n) is 3.13. The van der Waals surface area contributed by atoms with Gasteiger partial charge in [0, 0.05) is 18.0 Å². The number of hydrogen-bond donors (Lipinski definition) is 1. The number of aliphatic hydroxyl groups excluding tert-OH is 1. The number of aliphatic hydroxyl groups is 1. The minimum Gasteiger partial charge on any atom is -0.491 e. The first-order chi connectivity index (χ1) is 9.08. The van der Waals surface area contributed by atoms with E-state index in [1.165, 1.54) is 0 Å². The molecule has 2 rings (SSSR count). The molecule has 4 heteroatoms. The molecule has 1 atom stereocenters. The summed E-state index contributed by atoms with van der Waals surface area (Å²) in [4.78, 5) is 4.17. The fourth-order valence-electron chi connectivity index (χ4n) is 2.01. The van der Waals surface area contributed by atoms with Crippen molar-refractivity contribution in [1.82, 2.24) is 9.55 Å². The van der Waals surface area contributed by atoms with Gasteiger partial charge >= 0.3 is 0 Å². The Balaban J connectivity index is 2.03. The van der Waals surface area contributed by atoms with Gasteiger partial charge in [0.1, 0.15) is 18.2 Å². The maximum absolute atomic E-state index is 9.73. The molecule has 1 aromatic carbocycles. The molecule has 0 radical (unpaired) electrons. The van der Waals surface area contributed by atoms with Crippen LogP contribution in [-0.4, -0.2) is 21.3 Å². The quantitative estimate of drug-likeness (QED) is 0.899. The van der Waals surface area contributed by atoms with Crippen LogP contribution < -0.4 is 4.74 Å².